The molecule has 10 heteroatoms. The first-order valence-corrected chi connectivity index (χ1v) is 10.2. The molecular formula is C18H19BrN2O6S. The van der Waals surface area contributed by atoms with E-state index in [2.05, 4.69) is 21.2 Å². The number of nitrogens with zero attached hydrogens (tertiary/aromatic N) is 1. The van der Waals surface area contributed by atoms with Gasteiger partial charge in [0.1, 0.15) is 11.5 Å². The molecular weight excluding hydrogens is 452 g/mol. The van der Waals surface area contributed by atoms with E-state index in [0.29, 0.717) is 22.1 Å². The molecule has 0 saturated carbocycles. The summed E-state index contributed by atoms with van der Waals surface area (Å²) in [6, 6.07) is 8.96. The van der Waals surface area contributed by atoms with Crippen molar-refractivity contribution in [2.24, 2.45) is 0 Å². The van der Waals surface area contributed by atoms with Gasteiger partial charge < -0.3 is 14.8 Å². The lowest BCUT2D eigenvalue weighted by Crippen LogP contribution is -2.23. The van der Waals surface area contributed by atoms with E-state index in [1.165, 1.54) is 39.4 Å². The first kappa shape index (κ1) is 21.9. The summed E-state index contributed by atoms with van der Waals surface area (Å²) in [5.74, 6) is 0.00463. The van der Waals surface area contributed by atoms with Gasteiger partial charge in [-0.25, -0.2) is 12.7 Å². The second-order valence-corrected chi connectivity index (χ2v) is 8.85. The molecule has 8 nitrogen and oxygen atoms in total. The number of methoxy groups -OCH3 is 1. The molecule has 150 valence electrons. The maximum Gasteiger partial charge on any atom is 0.262 e. The Bertz CT molecular complexity index is 992. The van der Waals surface area contributed by atoms with E-state index in [-0.39, 0.29) is 22.9 Å². The van der Waals surface area contributed by atoms with Crippen molar-refractivity contribution in [2.45, 2.75) is 4.90 Å². The molecule has 0 saturated heterocycles. The van der Waals surface area contributed by atoms with Gasteiger partial charge in [0, 0.05) is 18.6 Å². The van der Waals surface area contributed by atoms with Crippen LogP contribution in [0, 0.1) is 0 Å². The number of hydrogen-bond donors (Lipinski definition) is 1. The summed E-state index contributed by atoms with van der Waals surface area (Å²) in [7, 11) is 0.548. The van der Waals surface area contributed by atoms with Crippen LogP contribution in [0.1, 0.15) is 10.4 Å². The monoisotopic (exact) mass is 470 g/mol. The Morgan fingerprint density at radius 2 is 1.86 bits per heavy atom. The number of hydrogen-bond acceptors (Lipinski definition) is 6. The first-order chi connectivity index (χ1) is 13.2. The standard InChI is InChI=1S/C18H19BrN2O6S/c1-21(2)28(24,25)14-5-7-17(26-3)15(9-14)20-18(23)11-27-16-6-4-13(19)8-12(16)10-22/h4-10H,11H2,1-3H3,(H,20,23). The third-order valence-corrected chi connectivity index (χ3v) is 5.99. The molecule has 0 bridgehead atoms. The smallest absolute Gasteiger partial charge is 0.262 e. The van der Waals surface area contributed by atoms with Crippen LogP contribution in [-0.4, -0.2) is 52.7 Å². The van der Waals surface area contributed by atoms with E-state index in [4.69, 9.17) is 9.47 Å². The maximum absolute atomic E-state index is 12.3. The molecule has 1 N–H and O–H groups in total. The van der Waals surface area contributed by atoms with Crippen LogP contribution in [0.2, 0.25) is 0 Å². The molecule has 0 atom stereocenters. The Kier molecular flexibility index (Phi) is 7.17. The molecule has 0 aromatic heterocycles. The Morgan fingerprint density at radius 1 is 1.18 bits per heavy atom. The summed E-state index contributed by atoms with van der Waals surface area (Å²) in [5.41, 5.74) is 0.476. The summed E-state index contributed by atoms with van der Waals surface area (Å²) in [4.78, 5) is 23.4. The third-order valence-electron chi connectivity index (χ3n) is 3.68. The fourth-order valence-electron chi connectivity index (χ4n) is 2.23. The highest BCUT2D eigenvalue weighted by atomic mass is 79.9. The molecule has 28 heavy (non-hydrogen) atoms. The minimum absolute atomic E-state index is 0.00525. The van der Waals surface area contributed by atoms with Crippen LogP contribution < -0.4 is 14.8 Å². The van der Waals surface area contributed by atoms with Crippen molar-refractivity contribution in [3.63, 3.8) is 0 Å². The van der Waals surface area contributed by atoms with Crippen molar-refractivity contribution >= 4 is 43.8 Å². The fraction of sp³-hybridized carbons (Fsp3) is 0.222. The van der Waals surface area contributed by atoms with Crippen LogP contribution in [0.5, 0.6) is 11.5 Å². The van der Waals surface area contributed by atoms with Gasteiger partial charge in [0.15, 0.2) is 12.9 Å². The third kappa shape index (κ3) is 5.09. The number of amides is 1. The lowest BCUT2D eigenvalue weighted by molar-refractivity contribution is -0.118. The number of nitrogens with one attached hydrogen (secondary N) is 1. The minimum Gasteiger partial charge on any atom is -0.495 e. The normalized spacial score (nSPS) is 11.2. The van der Waals surface area contributed by atoms with Crippen molar-refractivity contribution in [3.8, 4) is 11.5 Å². The number of carbonyl (C=O) groups is 2. The average Bonchev–Trinajstić information content (AvgIpc) is 2.66. The van der Waals surface area contributed by atoms with Crippen LogP contribution in [0.4, 0.5) is 5.69 Å². The van der Waals surface area contributed by atoms with E-state index in [9.17, 15) is 18.0 Å². The van der Waals surface area contributed by atoms with Crippen LogP contribution in [0.15, 0.2) is 45.8 Å². The van der Waals surface area contributed by atoms with Crippen molar-refractivity contribution in [1.82, 2.24) is 4.31 Å². The molecule has 0 aliphatic heterocycles. The second kappa shape index (κ2) is 9.18. The van der Waals surface area contributed by atoms with Crippen molar-refractivity contribution < 1.29 is 27.5 Å². The van der Waals surface area contributed by atoms with Crippen LogP contribution >= 0.6 is 15.9 Å². The number of ether oxygens (including phenoxy) is 2. The van der Waals surface area contributed by atoms with Gasteiger partial charge in [-0.15, -0.1) is 0 Å². The SMILES string of the molecule is COc1ccc(S(=O)(=O)N(C)C)cc1NC(=O)COc1ccc(Br)cc1C=O. The summed E-state index contributed by atoms with van der Waals surface area (Å²) in [6.45, 7) is -0.379. The largest absolute Gasteiger partial charge is 0.495 e. The maximum atomic E-state index is 12.3. The summed E-state index contributed by atoms with van der Waals surface area (Å²) < 4.78 is 36.9. The van der Waals surface area contributed by atoms with Gasteiger partial charge in [0.2, 0.25) is 10.0 Å². The van der Waals surface area contributed by atoms with E-state index < -0.39 is 15.9 Å². The zero-order chi connectivity index (χ0) is 20.9. The summed E-state index contributed by atoms with van der Waals surface area (Å²) in [6.07, 6.45) is 0.622. The molecule has 0 aliphatic rings. The van der Waals surface area contributed by atoms with E-state index in [0.717, 1.165) is 4.31 Å². The quantitative estimate of drug-likeness (QED) is 0.594. The van der Waals surface area contributed by atoms with Gasteiger partial charge in [-0.3, -0.25) is 9.59 Å². The molecule has 2 rings (SSSR count). The van der Waals surface area contributed by atoms with E-state index >= 15 is 0 Å². The summed E-state index contributed by atoms with van der Waals surface area (Å²) in [5, 5.41) is 2.56. The Morgan fingerprint density at radius 3 is 2.46 bits per heavy atom. The Balaban J connectivity index is 2.18. The van der Waals surface area contributed by atoms with Gasteiger partial charge in [-0.2, -0.15) is 0 Å². The molecule has 0 aliphatic carbocycles. The van der Waals surface area contributed by atoms with Crippen LogP contribution in [-0.2, 0) is 14.8 Å². The number of benzene rings is 2. The predicted molar refractivity (Wildman–Crippen MR) is 108 cm³/mol. The van der Waals surface area contributed by atoms with Crippen molar-refractivity contribution in [2.75, 3.05) is 33.1 Å². The van der Waals surface area contributed by atoms with Gasteiger partial charge in [0.05, 0.1) is 23.3 Å². The predicted octanol–water partition coefficient (Wildman–Crippen LogP) is 2.54. The zero-order valence-corrected chi connectivity index (χ0v) is 17.8. The molecule has 0 heterocycles. The molecule has 2 aromatic rings. The van der Waals surface area contributed by atoms with Crippen LogP contribution in [0.25, 0.3) is 0 Å². The van der Waals surface area contributed by atoms with E-state index in [1.807, 2.05) is 0 Å². The number of halogens is 1. The molecule has 0 fully saturated rings. The molecule has 1 amide bonds. The molecule has 0 spiro atoms. The topological polar surface area (TPSA) is 102 Å². The van der Waals surface area contributed by atoms with E-state index in [1.54, 1.807) is 18.2 Å². The van der Waals surface area contributed by atoms with Gasteiger partial charge >= 0.3 is 0 Å². The highest BCUT2D eigenvalue weighted by Crippen LogP contribution is 2.28. The molecule has 2 aromatic carbocycles. The van der Waals surface area contributed by atoms with Gasteiger partial charge in [-0.05, 0) is 36.4 Å². The number of aldehydes is 1. The van der Waals surface area contributed by atoms with Crippen LogP contribution in [0.3, 0.4) is 0 Å². The van der Waals surface area contributed by atoms with Crippen molar-refractivity contribution in [3.05, 3.63) is 46.4 Å². The number of carbonyl (C=O) groups excluding carboxylic acids is 2. The number of anilines is 1. The second-order valence-electron chi connectivity index (χ2n) is 5.79. The first-order valence-electron chi connectivity index (χ1n) is 7.97. The van der Waals surface area contributed by atoms with Gasteiger partial charge in [-0.1, -0.05) is 15.9 Å². The molecule has 0 unspecified atom stereocenters. The highest BCUT2D eigenvalue weighted by molar-refractivity contribution is 9.10. The summed E-state index contributed by atoms with van der Waals surface area (Å²) >= 11 is 3.25. The fourth-order valence-corrected chi connectivity index (χ4v) is 3.54. The lowest BCUT2D eigenvalue weighted by atomic mass is 10.2. The highest BCUT2D eigenvalue weighted by Gasteiger charge is 2.20. The Hall–Kier alpha value is -2.43. The Labute approximate surface area is 171 Å². The lowest BCUT2D eigenvalue weighted by Gasteiger charge is -2.15. The number of rotatable bonds is 8. The van der Waals surface area contributed by atoms with Gasteiger partial charge in [0.25, 0.3) is 5.91 Å². The minimum atomic E-state index is -3.68. The molecule has 0 radical (unpaired) electrons. The number of sulfonamides is 1. The average molecular weight is 471 g/mol. The zero-order valence-electron chi connectivity index (χ0n) is 15.4. The van der Waals surface area contributed by atoms with Crippen molar-refractivity contribution in [1.29, 1.82) is 0 Å².